The average Bonchev–Trinajstić information content (AvgIpc) is 1.91. The summed E-state index contributed by atoms with van der Waals surface area (Å²) >= 11 is 0. The van der Waals surface area contributed by atoms with Crippen LogP contribution in [0.1, 0.15) is 5.56 Å². The van der Waals surface area contributed by atoms with Crippen LogP contribution in [0.2, 0.25) is 0 Å². The molecule has 0 N–H and O–H groups in total. The quantitative estimate of drug-likeness (QED) is 0.459. The first kappa shape index (κ1) is 5.84. The molecule has 1 heteroatoms. The topological polar surface area (TPSA) is 0 Å². The van der Waals surface area contributed by atoms with Crippen molar-refractivity contribution < 1.29 is 4.39 Å². The van der Waals surface area contributed by atoms with Gasteiger partial charge in [-0.3, -0.25) is 0 Å². The van der Waals surface area contributed by atoms with E-state index in [0.29, 0.717) is 5.56 Å². The van der Waals surface area contributed by atoms with Crippen LogP contribution in [0.3, 0.4) is 0 Å². The van der Waals surface area contributed by atoms with E-state index in [-0.39, 0.29) is 0 Å². The summed E-state index contributed by atoms with van der Waals surface area (Å²) in [7, 11) is 0. The van der Waals surface area contributed by atoms with Gasteiger partial charge in [0.1, 0.15) is 6.17 Å². The Morgan fingerprint density at radius 1 is 1.11 bits per heavy atom. The highest BCUT2D eigenvalue weighted by Gasteiger charge is 1.78. The van der Waals surface area contributed by atoms with Crippen LogP contribution in [0, 0.1) is 12.1 Å². The Bertz CT molecular complexity index is 228. The maximum atomic E-state index is 11.3. The molecule has 0 aliphatic heterocycles. The molecule has 0 aliphatic rings. The molecule has 0 aromatic heterocycles. The molecule has 9 heavy (non-hydrogen) atoms. The lowest BCUT2D eigenvalue weighted by molar-refractivity contribution is 0.774. The van der Waals surface area contributed by atoms with Gasteiger partial charge in [-0.25, -0.2) is 0 Å². The molecular formula is C8H5F. The van der Waals surface area contributed by atoms with E-state index in [1.165, 1.54) is 6.17 Å². The molecule has 0 spiro atoms. The Labute approximate surface area is 53.3 Å². The van der Waals surface area contributed by atoms with Crippen LogP contribution in [0.25, 0.3) is 0 Å². The maximum absolute atomic E-state index is 11.3. The Morgan fingerprint density at radius 2 is 1.78 bits per heavy atom. The molecule has 0 unspecified atom stereocenters. The number of hydrogen-bond donors (Lipinski definition) is 0. The molecule has 0 bridgehead atoms. The third-order valence-corrected chi connectivity index (χ3v) is 0.965. The fourth-order valence-electron chi connectivity index (χ4n) is 0.576. The zero-order valence-electron chi connectivity index (χ0n) is 4.76. The van der Waals surface area contributed by atoms with Gasteiger partial charge in [-0.05, 0) is 18.1 Å². The van der Waals surface area contributed by atoms with E-state index in [1.54, 1.807) is 12.1 Å². The first-order valence-electron chi connectivity index (χ1n) is 2.60. The molecule has 0 atom stereocenters. The van der Waals surface area contributed by atoms with Crippen molar-refractivity contribution in [2.75, 3.05) is 0 Å². The summed E-state index contributed by atoms with van der Waals surface area (Å²) in [6.07, 6.45) is 1.33. The van der Waals surface area contributed by atoms with Crippen molar-refractivity contribution in [2.45, 2.75) is 0 Å². The molecule has 1 rings (SSSR count). The third-order valence-electron chi connectivity index (χ3n) is 0.965. The Morgan fingerprint density at radius 3 is 2.33 bits per heavy atom. The smallest absolute Gasteiger partial charge is 0.111 e. The summed E-state index contributed by atoms with van der Waals surface area (Å²) in [6.45, 7) is 0. The molecule has 1 aromatic carbocycles. The van der Waals surface area contributed by atoms with Crippen LogP contribution in [0.5, 0.6) is 0 Å². The van der Waals surface area contributed by atoms with E-state index in [9.17, 15) is 4.39 Å². The molecular weight excluding hydrogens is 115 g/mol. The molecule has 0 radical (unpaired) electrons. The van der Waals surface area contributed by atoms with Crippen LogP contribution in [0.4, 0.5) is 4.39 Å². The standard InChI is InChI=1S/C8H5F/c9-7-6-8-4-2-1-3-5-8/h1-5H. The summed E-state index contributed by atoms with van der Waals surface area (Å²) in [5.41, 5.74) is 0.708. The SMILES string of the molecule is FC#Cc1ccccc1. The lowest BCUT2D eigenvalue weighted by atomic mass is 10.2. The normalized spacial score (nSPS) is 7.67. The predicted octanol–water partition coefficient (Wildman–Crippen LogP) is 1.97. The molecule has 0 fully saturated rings. The zero-order valence-corrected chi connectivity index (χ0v) is 4.76. The van der Waals surface area contributed by atoms with E-state index in [1.807, 2.05) is 18.2 Å². The second kappa shape index (κ2) is 2.88. The second-order valence-corrected chi connectivity index (χ2v) is 1.59. The highest BCUT2D eigenvalue weighted by Crippen LogP contribution is 1.93. The summed E-state index contributed by atoms with van der Waals surface area (Å²) < 4.78 is 11.3. The van der Waals surface area contributed by atoms with Crippen molar-refractivity contribution in [3.8, 4) is 12.1 Å². The predicted molar refractivity (Wildman–Crippen MR) is 34.4 cm³/mol. The molecule has 0 saturated heterocycles. The Balaban J connectivity index is 2.94. The second-order valence-electron chi connectivity index (χ2n) is 1.59. The van der Waals surface area contributed by atoms with Crippen molar-refractivity contribution in [1.82, 2.24) is 0 Å². The van der Waals surface area contributed by atoms with Crippen molar-refractivity contribution >= 4 is 0 Å². The molecule has 0 aliphatic carbocycles. The summed E-state index contributed by atoms with van der Waals surface area (Å²) in [6, 6.07) is 9.02. The van der Waals surface area contributed by atoms with Crippen LogP contribution < -0.4 is 0 Å². The van der Waals surface area contributed by atoms with Crippen LogP contribution in [-0.4, -0.2) is 0 Å². The number of halogens is 1. The van der Waals surface area contributed by atoms with E-state index >= 15 is 0 Å². The van der Waals surface area contributed by atoms with Crippen LogP contribution in [-0.2, 0) is 0 Å². The maximum Gasteiger partial charge on any atom is 0.111 e. The first-order valence-corrected chi connectivity index (χ1v) is 2.60. The fourth-order valence-corrected chi connectivity index (χ4v) is 0.576. The number of rotatable bonds is 0. The van der Waals surface area contributed by atoms with Gasteiger partial charge in [-0.2, -0.15) is 0 Å². The monoisotopic (exact) mass is 120 g/mol. The lowest BCUT2D eigenvalue weighted by Crippen LogP contribution is -1.67. The van der Waals surface area contributed by atoms with Gasteiger partial charge < -0.3 is 0 Å². The number of benzene rings is 1. The molecule has 44 valence electrons. The van der Waals surface area contributed by atoms with Gasteiger partial charge in [0.15, 0.2) is 0 Å². The minimum absolute atomic E-state index is 0.708. The number of hydrogen-bond acceptors (Lipinski definition) is 0. The minimum Gasteiger partial charge on any atom is -0.144 e. The first-order chi connectivity index (χ1) is 4.43. The molecule has 0 heterocycles. The fraction of sp³-hybridized carbons (Fsp3) is 0. The molecule has 1 aromatic rings. The summed E-state index contributed by atoms with van der Waals surface area (Å²) in [5.74, 6) is 2.29. The highest BCUT2D eigenvalue weighted by molar-refractivity contribution is 5.31. The van der Waals surface area contributed by atoms with Gasteiger partial charge in [-0.15, -0.1) is 4.39 Å². The van der Waals surface area contributed by atoms with Crippen molar-refractivity contribution in [2.24, 2.45) is 0 Å². The molecule has 0 saturated carbocycles. The van der Waals surface area contributed by atoms with Gasteiger partial charge in [0.2, 0.25) is 0 Å². The molecule has 0 amide bonds. The van der Waals surface area contributed by atoms with Crippen molar-refractivity contribution in [3.05, 3.63) is 35.9 Å². The lowest BCUT2D eigenvalue weighted by Gasteiger charge is -1.82. The third kappa shape index (κ3) is 1.58. The largest absolute Gasteiger partial charge is 0.144 e. The van der Waals surface area contributed by atoms with Gasteiger partial charge in [0, 0.05) is 5.56 Å². The molecule has 0 nitrogen and oxygen atoms in total. The van der Waals surface area contributed by atoms with E-state index in [2.05, 4.69) is 5.92 Å². The van der Waals surface area contributed by atoms with E-state index in [4.69, 9.17) is 0 Å². The van der Waals surface area contributed by atoms with Crippen LogP contribution in [0.15, 0.2) is 30.3 Å². The Kier molecular flexibility index (Phi) is 1.87. The zero-order chi connectivity index (χ0) is 6.53. The average molecular weight is 120 g/mol. The van der Waals surface area contributed by atoms with Crippen molar-refractivity contribution in [1.29, 1.82) is 0 Å². The van der Waals surface area contributed by atoms with Crippen molar-refractivity contribution in [3.63, 3.8) is 0 Å². The van der Waals surface area contributed by atoms with E-state index in [0.717, 1.165) is 0 Å². The Hall–Kier alpha value is -1.29. The van der Waals surface area contributed by atoms with Gasteiger partial charge in [0.05, 0.1) is 0 Å². The van der Waals surface area contributed by atoms with Crippen LogP contribution >= 0.6 is 0 Å². The summed E-state index contributed by atoms with van der Waals surface area (Å²) in [5, 5.41) is 0. The van der Waals surface area contributed by atoms with E-state index < -0.39 is 0 Å². The van der Waals surface area contributed by atoms with Gasteiger partial charge in [-0.1, -0.05) is 18.2 Å². The summed E-state index contributed by atoms with van der Waals surface area (Å²) in [4.78, 5) is 0. The van der Waals surface area contributed by atoms with Gasteiger partial charge in [0.25, 0.3) is 0 Å². The minimum atomic E-state index is 0.708. The highest BCUT2D eigenvalue weighted by atomic mass is 19.1. The van der Waals surface area contributed by atoms with Gasteiger partial charge >= 0.3 is 0 Å².